The standard InChI is InChI=1S/C13H16BrNO3/c1-9(4-5-14)15-13(16)10-2-3-11-12(8-10)18-7-6-17-11/h2-3,8-9H,4-7H2,1H3,(H,15,16). The summed E-state index contributed by atoms with van der Waals surface area (Å²) in [7, 11) is 0. The molecule has 98 valence electrons. The minimum absolute atomic E-state index is 0.0829. The second-order valence-electron chi connectivity index (χ2n) is 4.21. The van der Waals surface area contributed by atoms with Crippen LogP contribution in [0.15, 0.2) is 18.2 Å². The van der Waals surface area contributed by atoms with E-state index in [-0.39, 0.29) is 11.9 Å². The molecule has 1 unspecified atom stereocenters. The molecule has 0 fully saturated rings. The molecule has 1 N–H and O–H groups in total. The zero-order chi connectivity index (χ0) is 13.0. The van der Waals surface area contributed by atoms with E-state index in [0.29, 0.717) is 30.3 Å². The maximum Gasteiger partial charge on any atom is 0.251 e. The Balaban J connectivity index is 2.06. The Kier molecular flexibility index (Phi) is 4.47. The number of nitrogens with one attached hydrogen (secondary N) is 1. The minimum atomic E-state index is -0.0829. The van der Waals surface area contributed by atoms with Gasteiger partial charge in [0, 0.05) is 16.9 Å². The zero-order valence-electron chi connectivity index (χ0n) is 10.2. The normalized spacial score (nSPS) is 15.0. The molecule has 1 atom stereocenters. The summed E-state index contributed by atoms with van der Waals surface area (Å²) >= 11 is 3.36. The summed E-state index contributed by atoms with van der Waals surface area (Å²) < 4.78 is 10.9. The lowest BCUT2D eigenvalue weighted by atomic mass is 10.1. The third-order valence-corrected chi connectivity index (χ3v) is 3.18. The molecule has 2 rings (SSSR count). The highest BCUT2D eigenvalue weighted by atomic mass is 79.9. The molecule has 0 radical (unpaired) electrons. The van der Waals surface area contributed by atoms with Crippen LogP contribution in [0.5, 0.6) is 11.5 Å². The third kappa shape index (κ3) is 3.16. The van der Waals surface area contributed by atoms with Crippen molar-refractivity contribution in [3.05, 3.63) is 23.8 Å². The first-order valence-corrected chi connectivity index (χ1v) is 7.09. The van der Waals surface area contributed by atoms with Crippen LogP contribution in [-0.2, 0) is 0 Å². The summed E-state index contributed by atoms with van der Waals surface area (Å²) in [6, 6.07) is 5.40. The molecule has 1 amide bonds. The highest BCUT2D eigenvalue weighted by molar-refractivity contribution is 9.09. The van der Waals surface area contributed by atoms with Gasteiger partial charge in [-0.1, -0.05) is 15.9 Å². The van der Waals surface area contributed by atoms with Crippen molar-refractivity contribution in [1.29, 1.82) is 0 Å². The lowest BCUT2D eigenvalue weighted by Gasteiger charge is -2.19. The van der Waals surface area contributed by atoms with Gasteiger partial charge >= 0.3 is 0 Å². The number of amides is 1. The van der Waals surface area contributed by atoms with Gasteiger partial charge in [-0.15, -0.1) is 0 Å². The molecule has 0 saturated heterocycles. The molecule has 4 nitrogen and oxygen atoms in total. The van der Waals surface area contributed by atoms with Crippen LogP contribution >= 0.6 is 15.9 Å². The SMILES string of the molecule is CC(CCBr)NC(=O)c1ccc2c(c1)OCCO2. The van der Waals surface area contributed by atoms with E-state index >= 15 is 0 Å². The smallest absolute Gasteiger partial charge is 0.251 e. The predicted molar refractivity (Wildman–Crippen MR) is 72.8 cm³/mol. The number of ether oxygens (including phenoxy) is 2. The molecule has 0 bridgehead atoms. The highest BCUT2D eigenvalue weighted by Crippen LogP contribution is 2.30. The van der Waals surface area contributed by atoms with E-state index in [9.17, 15) is 4.79 Å². The molecule has 1 heterocycles. The number of alkyl halides is 1. The van der Waals surface area contributed by atoms with Crippen molar-refractivity contribution in [2.45, 2.75) is 19.4 Å². The van der Waals surface area contributed by atoms with Crippen molar-refractivity contribution in [3.63, 3.8) is 0 Å². The van der Waals surface area contributed by atoms with Gasteiger partial charge in [-0.05, 0) is 31.5 Å². The molecule has 1 aromatic carbocycles. The summed E-state index contributed by atoms with van der Waals surface area (Å²) in [5, 5.41) is 3.81. The van der Waals surface area contributed by atoms with Crippen molar-refractivity contribution < 1.29 is 14.3 Å². The van der Waals surface area contributed by atoms with Crippen LogP contribution in [0.4, 0.5) is 0 Å². The van der Waals surface area contributed by atoms with Crippen LogP contribution in [0.3, 0.4) is 0 Å². The first kappa shape index (κ1) is 13.2. The second kappa shape index (κ2) is 6.09. The fraction of sp³-hybridized carbons (Fsp3) is 0.462. The van der Waals surface area contributed by atoms with E-state index in [1.807, 2.05) is 6.92 Å². The fourth-order valence-electron chi connectivity index (χ4n) is 1.73. The van der Waals surface area contributed by atoms with Crippen molar-refractivity contribution in [2.24, 2.45) is 0 Å². The molecule has 5 heteroatoms. The fourth-order valence-corrected chi connectivity index (χ4v) is 2.41. The van der Waals surface area contributed by atoms with Gasteiger partial charge in [0.05, 0.1) is 0 Å². The average Bonchev–Trinajstić information content (AvgIpc) is 2.38. The highest BCUT2D eigenvalue weighted by Gasteiger charge is 2.15. The number of benzene rings is 1. The Labute approximate surface area is 115 Å². The van der Waals surface area contributed by atoms with E-state index in [0.717, 1.165) is 11.8 Å². The Morgan fingerprint density at radius 1 is 1.39 bits per heavy atom. The first-order chi connectivity index (χ1) is 8.70. The van der Waals surface area contributed by atoms with Gasteiger partial charge in [0.2, 0.25) is 0 Å². The van der Waals surface area contributed by atoms with E-state index in [2.05, 4.69) is 21.2 Å². The molecule has 18 heavy (non-hydrogen) atoms. The predicted octanol–water partition coefficient (Wildman–Crippen LogP) is 2.36. The molecular weight excluding hydrogens is 298 g/mol. The van der Waals surface area contributed by atoms with E-state index < -0.39 is 0 Å². The third-order valence-electron chi connectivity index (χ3n) is 2.72. The quantitative estimate of drug-likeness (QED) is 0.868. The Morgan fingerprint density at radius 3 is 2.83 bits per heavy atom. The zero-order valence-corrected chi connectivity index (χ0v) is 11.8. The van der Waals surface area contributed by atoms with Crippen LogP contribution in [0.1, 0.15) is 23.7 Å². The number of halogens is 1. The lowest BCUT2D eigenvalue weighted by molar-refractivity contribution is 0.0938. The number of carbonyl (C=O) groups is 1. The first-order valence-electron chi connectivity index (χ1n) is 5.97. The average molecular weight is 314 g/mol. The van der Waals surface area contributed by atoms with Crippen molar-refractivity contribution in [3.8, 4) is 11.5 Å². The summed E-state index contributed by atoms with van der Waals surface area (Å²) in [4.78, 5) is 12.0. The Bertz CT molecular complexity index is 436. The molecule has 0 saturated carbocycles. The van der Waals surface area contributed by atoms with Crippen LogP contribution in [-0.4, -0.2) is 30.5 Å². The van der Waals surface area contributed by atoms with Gasteiger partial charge < -0.3 is 14.8 Å². The maximum atomic E-state index is 12.0. The maximum absolute atomic E-state index is 12.0. The van der Waals surface area contributed by atoms with Gasteiger partial charge in [-0.25, -0.2) is 0 Å². The van der Waals surface area contributed by atoms with Crippen molar-refractivity contribution >= 4 is 21.8 Å². The molecule has 1 aliphatic heterocycles. The van der Waals surface area contributed by atoms with Gasteiger partial charge in [-0.3, -0.25) is 4.79 Å². The largest absolute Gasteiger partial charge is 0.486 e. The van der Waals surface area contributed by atoms with Crippen LogP contribution in [0.25, 0.3) is 0 Å². The Hall–Kier alpha value is -1.23. The van der Waals surface area contributed by atoms with Crippen LogP contribution in [0, 0.1) is 0 Å². The minimum Gasteiger partial charge on any atom is -0.486 e. The second-order valence-corrected chi connectivity index (χ2v) is 5.00. The number of rotatable bonds is 4. The number of hydrogen-bond donors (Lipinski definition) is 1. The van der Waals surface area contributed by atoms with Crippen LogP contribution < -0.4 is 14.8 Å². The van der Waals surface area contributed by atoms with Gasteiger partial charge in [0.1, 0.15) is 13.2 Å². The summed E-state index contributed by atoms with van der Waals surface area (Å²) in [6.07, 6.45) is 0.899. The summed E-state index contributed by atoms with van der Waals surface area (Å²) in [5.74, 6) is 1.26. The van der Waals surface area contributed by atoms with E-state index in [1.54, 1.807) is 18.2 Å². The number of hydrogen-bond acceptors (Lipinski definition) is 3. The number of fused-ring (bicyclic) bond motifs is 1. The van der Waals surface area contributed by atoms with Gasteiger partial charge in [-0.2, -0.15) is 0 Å². The van der Waals surface area contributed by atoms with Crippen LogP contribution in [0.2, 0.25) is 0 Å². The summed E-state index contributed by atoms with van der Waals surface area (Å²) in [6.45, 7) is 3.07. The van der Waals surface area contributed by atoms with Gasteiger partial charge in [0.25, 0.3) is 5.91 Å². The van der Waals surface area contributed by atoms with Crippen molar-refractivity contribution in [2.75, 3.05) is 18.5 Å². The molecule has 0 spiro atoms. The topological polar surface area (TPSA) is 47.6 Å². The molecule has 1 aromatic rings. The lowest BCUT2D eigenvalue weighted by Crippen LogP contribution is -2.32. The molecule has 1 aliphatic rings. The Morgan fingerprint density at radius 2 is 2.11 bits per heavy atom. The molecule has 0 aromatic heterocycles. The molecular formula is C13H16BrNO3. The monoisotopic (exact) mass is 313 g/mol. The van der Waals surface area contributed by atoms with E-state index in [1.165, 1.54) is 0 Å². The van der Waals surface area contributed by atoms with Crippen molar-refractivity contribution in [1.82, 2.24) is 5.32 Å². The number of carbonyl (C=O) groups excluding carboxylic acids is 1. The summed E-state index contributed by atoms with van der Waals surface area (Å²) in [5.41, 5.74) is 0.598. The van der Waals surface area contributed by atoms with Gasteiger partial charge in [0.15, 0.2) is 11.5 Å². The molecule has 0 aliphatic carbocycles. The van der Waals surface area contributed by atoms with E-state index in [4.69, 9.17) is 9.47 Å².